The quantitative estimate of drug-likeness (QED) is 0.772. The highest BCUT2D eigenvalue weighted by atomic mass is 16.4. The summed E-state index contributed by atoms with van der Waals surface area (Å²) in [6.45, 7) is 0. The van der Waals surface area contributed by atoms with Crippen LogP contribution in [0.25, 0.3) is 0 Å². The van der Waals surface area contributed by atoms with Gasteiger partial charge < -0.3 is 9.67 Å². The van der Waals surface area contributed by atoms with Crippen LogP contribution in [-0.4, -0.2) is 15.6 Å². The molecule has 1 aromatic heterocycles. The summed E-state index contributed by atoms with van der Waals surface area (Å²) >= 11 is 0. The summed E-state index contributed by atoms with van der Waals surface area (Å²) < 4.78 is 1.64. The van der Waals surface area contributed by atoms with Crippen molar-refractivity contribution in [2.75, 3.05) is 0 Å². The van der Waals surface area contributed by atoms with Crippen LogP contribution < -0.4 is 5.56 Å². The number of nitrogens with zero attached hydrogens (tertiary/aromatic N) is 1. The Balaban J connectivity index is 2.36. The lowest BCUT2D eigenvalue weighted by atomic mass is 10.2. The van der Waals surface area contributed by atoms with Gasteiger partial charge in [0.25, 0.3) is 5.56 Å². The summed E-state index contributed by atoms with van der Waals surface area (Å²) in [6, 6.07) is 3.61. The smallest absolute Gasteiger partial charge is 0.308 e. The second kappa shape index (κ2) is 3.29. The van der Waals surface area contributed by atoms with Crippen molar-refractivity contribution >= 4 is 5.97 Å². The molecule has 1 saturated carbocycles. The monoisotopic (exact) mass is 193 g/mol. The molecule has 0 unspecified atom stereocenters. The Morgan fingerprint density at radius 2 is 2.29 bits per heavy atom. The van der Waals surface area contributed by atoms with Crippen molar-refractivity contribution in [3.8, 4) is 0 Å². The van der Waals surface area contributed by atoms with E-state index in [2.05, 4.69) is 0 Å². The number of aromatic nitrogens is 1. The lowest BCUT2D eigenvalue weighted by molar-refractivity contribution is -0.136. The van der Waals surface area contributed by atoms with E-state index in [1.54, 1.807) is 22.9 Å². The van der Waals surface area contributed by atoms with Crippen LogP contribution in [0, 0.1) is 0 Å². The molecule has 2 rings (SSSR count). The van der Waals surface area contributed by atoms with Crippen molar-refractivity contribution in [2.24, 2.45) is 0 Å². The molecule has 1 aromatic rings. The molecule has 0 saturated heterocycles. The van der Waals surface area contributed by atoms with Gasteiger partial charge in [-0.05, 0) is 18.9 Å². The minimum atomic E-state index is -0.962. The Morgan fingerprint density at radius 3 is 2.86 bits per heavy atom. The molecule has 4 heteroatoms. The van der Waals surface area contributed by atoms with E-state index < -0.39 is 5.97 Å². The normalized spacial score (nSPS) is 15.4. The molecular formula is C10H11NO3. The van der Waals surface area contributed by atoms with Crippen molar-refractivity contribution in [2.45, 2.75) is 25.3 Å². The molecule has 1 N–H and O–H groups in total. The predicted octanol–water partition coefficient (Wildman–Crippen LogP) is 0.810. The molecule has 4 nitrogen and oxygen atoms in total. The fraction of sp³-hybridized carbons (Fsp3) is 0.400. The fourth-order valence-corrected chi connectivity index (χ4v) is 1.49. The van der Waals surface area contributed by atoms with Gasteiger partial charge in [0, 0.05) is 17.8 Å². The van der Waals surface area contributed by atoms with Gasteiger partial charge in [-0.15, -0.1) is 0 Å². The van der Waals surface area contributed by atoms with Crippen molar-refractivity contribution in [3.05, 3.63) is 34.2 Å². The van der Waals surface area contributed by atoms with Crippen molar-refractivity contribution in [1.29, 1.82) is 0 Å². The molecule has 1 fully saturated rings. The number of carboxylic acid groups (broad SMARTS) is 1. The lowest BCUT2D eigenvalue weighted by Gasteiger charge is -2.04. The highest BCUT2D eigenvalue weighted by Crippen LogP contribution is 2.33. The SMILES string of the molecule is O=C(O)Cc1cccn(C2CC2)c1=O. The van der Waals surface area contributed by atoms with E-state index in [4.69, 9.17) is 5.11 Å². The summed E-state index contributed by atoms with van der Waals surface area (Å²) in [4.78, 5) is 22.2. The molecule has 1 aliphatic rings. The van der Waals surface area contributed by atoms with Crippen LogP contribution in [-0.2, 0) is 11.2 Å². The number of hydrogen-bond acceptors (Lipinski definition) is 2. The van der Waals surface area contributed by atoms with Gasteiger partial charge in [-0.1, -0.05) is 6.07 Å². The zero-order valence-corrected chi connectivity index (χ0v) is 7.64. The number of rotatable bonds is 3. The zero-order chi connectivity index (χ0) is 10.1. The first-order valence-electron chi connectivity index (χ1n) is 4.60. The molecule has 0 aromatic carbocycles. The third-order valence-electron chi connectivity index (χ3n) is 2.34. The molecule has 0 amide bonds. The molecule has 74 valence electrons. The van der Waals surface area contributed by atoms with Crippen molar-refractivity contribution in [3.63, 3.8) is 0 Å². The Labute approximate surface area is 80.8 Å². The minimum absolute atomic E-state index is 0.155. The Kier molecular flexibility index (Phi) is 2.11. The first-order valence-corrected chi connectivity index (χ1v) is 4.60. The predicted molar refractivity (Wildman–Crippen MR) is 50.3 cm³/mol. The van der Waals surface area contributed by atoms with E-state index in [-0.39, 0.29) is 12.0 Å². The van der Waals surface area contributed by atoms with Crippen LogP contribution >= 0.6 is 0 Å². The van der Waals surface area contributed by atoms with E-state index >= 15 is 0 Å². The van der Waals surface area contributed by atoms with E-state index in [1.165, 1.54) is 0 Å². The third kappa shape index (κ3) is 1.69. The summed E-state index contributed by atoms with van der Waals surface area (Å²) in [5, 5.41) is 8.59. The Hall–Kier alpha value is -1.58. The zero-order valence-electron chi connectivity index (χ0n) is 7.64. The summed E-state index contributed by atoms with van der Waals surface area (Å²) in [7, 11) is 0. The van der Waals surface area contributed by atoms with Crippen LogP contribution in [0.5, 0.6) is 0 Å². The first-order chi connectivity index (χ1) is 6.68. The minimum Gasteiger partial charge on any atom is -0.481 e. The van der Waals surface area contributed by atoms with Crippen LogP contribution in [0.3, 0.4) is 0 Å². The highest BCUT2D eigenvalue weighted by molar-refractivity contribution is 5.69. The number of pyridine rings is 1. The van der Waals surface area contributed by atoms with Gasteiger partial charge in [0.2, 0.25) is 0 Å². The van der Waals surface area contributed by atoms with Gasteiger partial charge in [0.1, 0.15) is 0 Å². The Bertz CT molecular complexity index is 418. The molecule has 0 radical (unpaired) electrons. The van der Waals surface area contributed by atoms with Gasteiger partial charge >= 0.3 is 5.97 Å². The Morgan fingerprint density at radius 1 is 1.57 bits per heavy atom. The molecule has 14 heavy (non-hydrogen) atoms. The van der Waals surface area contributed by atoms with E-state index in [9.17, 15) is 9.59 Å². The molecule has 1 heterocycles. The number of carboxylic acids is 1. The van der Waals surface area contributed by atoms with Crippen molar-refractivity contribution in [1.82, 2.24) is 4.57 Å². The molecule has 0 aliphatic heterocycles. The largest absolute Gasteiger partial charge is 0.481 e. The van der Waals surface area contributed by atoms with Gasteiger partial charge in [0.05, 0.1) is 6.42 Å². The average molecular weight is 193 g/mol. The van der Waals surface area contributed by atoms with E-state index in [0.717, 1.165) is 12.8 Å². The maximum atomic E-state index is 11.7. The number of carbonyl (C=O) groups is 1. The summed E-state index contributed by atoms with van der Waals surface area (Å²) in [5.74, 6) is -0.962. The molecule has 1 aliphatic carbocycles. The fourth-order valence-electron chi connectivity index (χ4n) is 1.49. The van der Waals surface area contributed by atoms with Gasteiger partial charge in [-0.3, -0.25) is 9.59 Å². The summed E-state index contributed by atoms with van der Waals surface area (Å²) in [6.07, 6.45) is 3.59. The average Bonchev–Trinajstić information content (AvgIpc) is 2.91. The second-order valence-corrected chi connectivity index (χ2v) is 3.55. The number of aliphatic carboxylic acids is 1. The first kappa shape index (κ1) is 8.99. The topological polar surface area (TPSA) is 59.3 Å². The lowest BCUT2D eigenvalue weighted by Crippen LogP contribution is -2.23. The van der Waals surface area contributed by atoms with Crippen LogP contribution in [0.1, 0.15) is 24.4 Å². The van der Waals surface area contributed by atoms with E-state index in [1.807, 2.05) is 0 Å². The van der Waals surface area contributed by atoms with E-state index in [0.29, 0.717) is 11.6 Å². The molecule has 0 bridgehead atoms. The highest BCUT2D eigenvalue weighted by Gasteiger charge is 2.24. The van der Waals surface area contributed by atoms with Gasteiger partial charge in [-0.25, -0.2) is 0 Å². The second-order valence-electron chi connectivity index (χ2n) is 3.55. The van der Waals surface area contributed by atoms with Gasteiger partial charge in [0.15, 0.2) is 0 Å². The standard InChI is InChI=1S/C10H11NO3/c12-9(13)6-7-2-1-5-11(10(7)14)8-3-4-8/h1-2,5,8H,3-4,6H2,(H,12,13). The van der Waals surface area contributed by atoms with Crippen LogP contribution in [0.4, 0.5) is 0 Å². The molecular weight excluding hydrogens is 182 g/mol. The van der Waals surface area contributed by atoms with Crippen LogP contribution in [0.15, 0.2) is 23.1 Å². The summed E-state index contributed by atoms with van der Waals surface area (Å²) in [5.41, 5.74) is 0.212. The third-order valence-corrected chi connectivity index (χ3v) is 2.34. The van der Waals surface area contributed by atoms with Crippen LogP contribution in [0.2, 0.25) is 0 Å². The number of hydrogen-bond donors (Lipinski definition) is 1. The van der Waals surface area contributed by atoms with Gasteiger partial charge in [-0.2, -0.15) is 0 Å². The maximum Gasteiger partial charge on any atom is 0.308 e. The molecule has 0 atom stereocenters. The molecule has 0 spiro atoms. The van der Waals surface area contributed by atoms with Crippen molar-refractivity contribution < 1.29 is 9.90 Å². The maximum absolute atomic E-state index is 11.7.